The molecule has 1 aromatic carbocycles. The van der Waals surface area contributed by atoms with Crippen molar-refractivity contribution in [2.75, 3.05) is 5.32 Å². The normalized spacial score (nSPS) is 11.4. The molecule has 0 bridgehead atoms. The fourth-order valence-corrected chi connectivity index (χ4v) is 2.82. The van der Waals surface area contributed by atoms with E-state index in [0.717, 1.165) is 16.1 Å². The summed E-state index contributed by atoms with van der Waals surface area (Å²) >= 11 is 1.45. The first-order valence-corrected chi connectivity index (χ1v) is 8.02. The second-order valence-corrected chi connectivity index (χ2v) is 7.55. The summed E-state index contributed by atoms with van der Waals surface area (Å²) in [6, 6.07) is 6.26. The monoisotopic (exact) mass is 318 g/mol. The fraction of sp³-hybridized carbons (Fsp3) is 0.412. The van der Waals surface area contributed by atoms with Gasteiger partial charge in [-0.05, 0) is 58.7 Å². The van der Waals surface area contributed by atoms with Gasteiger partial charge in [-0.1, -0.05) is 12.1 Å². The minimum atomic E-state index is -0.521. The number of rotatable bonds is 2. The number of hydrogen-bond donors (Lipinski definition) is 1. The summed E-state index contributed by atoms with van der Waals surface area (Å²) in [6.07, 6.45) is -0.479. The quantitative estimate of drug-likeness (QED) is 0.840. The zero-order chi connectivity index (χ0) is 16.5. The molecule has 0 aliphatic heterocycles. The summed E-state index contributed by atoms with van der Waals surface area (Å²) in [4.78, 5) is 17.4. The van der Waals surface area contributed by atoms with Crippen LogP contribution in [0.4, 0.5) is 9.93 Å². The number of anilines is 1. The lowest BCUT2D eigenvalue weighted by Crippen LogP contribution is -2.27. The van der Waals surface area contributed by atoms with Gasteiger partial charge in [-0.15, -0.1) is 11.3 Å². The number of aryl methyl sites for hydroxylation is 3. The van der Waals surface area contributed by atoms with Crippen LogP contribution in [0.25, 0.3) is 11.3 Å². The number of carbonyl (C=O) groups excluding carboxylic acids is 1. The highest BCUT2D eigenvalue weighted by atomic mass is 32.1. The Morgan fingerprint density at radius 2 is 1.86 bits per heavy atom. The van der Waals surface area contributed by atoms with E-state index in [4.69, 9.17) is 4.74 Å². The number of aromatic nitrogens is 1. The summed E-state index contributed by atoms with van der Waals surface area (Å²) in [5.74, 6) is 0. The molecule has 5 heteroatoms. The van der Waals surface area contributed by atoms with E-state index in [-0.39, 0.29) is 0 Å². The van der Waals surface area contributed by atoms with Crippen molar-refractivity contribution in [2.24, 2.45) is 0 Å². The second kappa shape index (κ2) is 6.08. The van der Waals surface area contributed by atoms with E-state index in [1.807, 2.05) is 27.7 Å². The molecular weight excluding hydrogens is 296 g/mol. The molecule has 1 amide bonds. The van der Waals surface area contributed by atoms with Crippen LogP contribution < -0.4 is 5.32 Å². The van der Waals surface area contributed by atoms with Crippen LogP contribution in [0.1, 0.15) is 36.8 Å². The molecule has 118 valence electrons. The molecule has 0 aliphatic rings. The highest BCUT2D eigenvalue weighted by molar-refractivity contribution is 7.16. The molecule has 0 atom stereocenters. The van der Waals surface area contributed by atoms with Crippen LogP contribution in [-0.4, -0.2) is 16.7 Å². The first-order chi connectivity index (χ1) is 10.2. The van der Waals surface area contributed by atoms with E-state index in [0.29, 0.717) is 5.13 Å². The third-order valence-corrected chi connectivity index (χ3v) is 4.07. The number of ether oxygens (including phenoxy) is 1. The topological polar surface area (TPSA) is 51.2 Å². The van der Waals surface area contributed by atoms with Gasteiger partial charge in [-0.2, -0.15) is 0 Å². The van der Waals surface area contributed by atoms with E-state index in [1.54, 1.807) is 0 Å². The van der Waals surface area contributed by atoms with Crippen molar-refractivity contribution in [2.45, 2.75) is 47.1 Å². The lowest BCUT2D eigenvalue weighted by molar-refractivity contribution is 0.0636. The van der Waals surface area contributed by atoms with E-state index < -0.39 is 11.7 Å². The SMILES string of the molecule is Cc1ccc(-c2nc(NC(=O)OC(C)(C)C)sc2C)cc1C. The molecule has 2 aromatic rings. The number of amides is 1. The first-order valence-electron chi connectivity index (χ1n) is 7.21. The molecule has 0 saturated heterocycles. The molecule has 0 radical (unpaired) electrons. The predicted octanol–water partition coefficient (Wildman–Crippen LogP) is 5.08. The number of nitrogens with one attached hydrogen (secondary N) is 1. The highest BCUT2D eigenvalue weighted by Gasteiger charge is 2.18. The summed E-state index contributed by atoms with van der Waals surface area (Å²) in [5, 5.41) is 3.26. The molecule has 0 aliphatic carbocycles. The van der Waals surface area contributed by atoms with Gasteiger partial charge < -0.3 is 4.74 Å². The minimum absolute atomic E-state index is 0.479. The third-order valence-electron chi connectivity index (χ3n) is 3.18. The predicted molar refractivity (Wildman–Crippen MR) is 91.6 cm³/mol. The van der Waals surface area contributed by atoms with Gasteiger partial charge in [-0.25, -0.2) is 9.78 Å². The Morgan fingerprint density at radius 3 is 2.45 bits per heavy atom. The number of benzene rings is 1. The smallest absolute Gasteiger partial charge is 0.413 e. The number of carbonyl (C=O) groups is 1. The zero-order valence-electron chi connectivity index (χ0n) is 13.9. The van der Waals surface area contributed by atoms with Crippen LogP contribution in [0, 0.1) is 20.8 Å². The standard InChI is InChI=1S/C17H22N2O2S/c1-10-7-8-13(9-11(10)2)14-12(3)22-15(18-14)19-16(20)21-17(4,5)6/h7-9H,1-6H3,(H,18,19,20). The summed E-state index contributed by atoms with van der Waals surface area (Å²) in [5.41, 5.74) is 3.93. The lowest BCUT2D eigenvalue weighted by Gasteiger charge is -2.18. The van der Waals surface area contributed by atoms with Gasteiger partial charge in [0.2, 0.25) is 0 Å². The van der Waals surface area contributed by atoms with E-state index in [9.17, 15) is 4.79 Å². The third kappa shape index (κ3) is 4.07. The van der Waals surface area contributed by atoms with Crippen molar-refractivity contribution in [3.8, 4) is 11.3 Å². The Labute approximate surface area is 135 Å². The van der Waals surface area contributed by atoms with Crippen molar-refractivity contribution in [3.63, 3.8) is 0 Å². The maximum Gasteiger partial charge on any atom is 0.413 e. The maximum absolute atomic E-state index is 11.8. The Balaban J connectivity index is 2.21. The van der Waals surface area contributed by atoms with Crippen LogP contribution >= 0.6 is 11.3 Å². The van der Waals surface area contributed by atoms with Gasteiger partial charge in [0, 0.05) is 10.4 Å². The molecular formula is C17H22N2O2S. The summed E-state index contributed by atoms with van der Waals surface area (Å²) in [6.45, 7) is 11.7. The average Bonchev–Trinajstić information content (AvgIpc) is 2.71. The van der Waals surface area contributed by atoms with Crippen molar-refractivity contribution < 1.29 is 9.53 Å². The molecule has 0 unspecified atom stereocenters. The average molecular weight is 318 g/mol. The van der Waals surface area contributed by atoms with E-state index in [2.05, 4.69) is 42.3 Å². The van der Waals surface area contributed by atoms with Crippen LogP contribution in [0.15, 0.2) is 18.2 Å². The van der Waals surface area contributed by atoms with Gasteiger partial charge in [0.05, 0.1) is 5.69 Å². The second-order valence-electron chi connectivity index (χ2n) is 6.35. The van der Waals surface area contributed by atoms with Crippen molar-refractivity contribution in [1.82, 2.24) is 4.98 Å². The van der Waals surface area contributed by atoms with Crippen molar-refractivity contribution in [1.29, 1.82) is 0 Å². The largest absolute Gasteiger partial charge is 0.444 e. The van der Waals surface area contributed by atoms with Crippen molar-refractivity contribution >= 4 is 22.6 Å². The van der Waals surface area contributed by atoms with Gasteiger partial charge in [0.1, 0.15) is 5.60 Å². The Hall–Kier alpha value is -1.88. The van der Waals surface area contributed by atoms with Crippen LogP contribution in [0.2, 0.25) is 0 Å². The molecule has 0 fully saturated rings. The fourth-order valence-electron chi connectivity index (χ4n) is 2.00. The lowest BCUT2D eigenvalue weighted by atomic mass is 10.0. The van der Waals surface area contributed by atoms with Crippen LogP contribution in [-0.2, 0) is 4.74 Å². The first kappa shape index (κ1) is 16.5. The van der Waals surface area contributed by atoms with Crippen LogP contribution in [0.5, 0.6) is 0 Å². The van der Waals surface area contributed by atoms with Crippen LogP contribution in [0.3, 0.4) is 0 Å². The Kier molecular flexibility index (Phi) is 4.56. The Morgan fingerprint density at radius 1 is 1.18 bits per heavy atom. The van der Waals surface area contributed by atoms with E-state index >= 15 is 0 Å². The minimum Gasteiger partial charge on any atom is -0.444 e. The molecule has 4 nitrogen and oxygen atoms in total. The number of nitrogens with zero attached hydrogens (tertiary/aromatic N) is 1. The van der Waals surface area contributed by atoms with Gasteiger partial charge in [0.25, 0.3) is 0 Å². The summed E-state index contributed by atoms with van der Waals surface area (Å²) in [7, 11) is 0. The van der Waals surface area contributed by atoms with Gasteiger partial charge >= 0.3 is 6.09 Å². The molecule has 0 spiro atoms. The number of hydrogen-bond acceptors (Lipinski definition) is 4. The molecule has 2 rings (SSSR count). The van der Waals surface area contributed by atoms with Gasteiger partial charge in [-0.3, -0.25) is 5.32 Å². The molecule has 1 aromatic heterocycles. The molecule has 1 heterocycles. The maximum atomic E-state index is 11.8. The summed E-state index contributed by atoms with van der Waals surface area (Å²) < 4.78 is 5.25. The molecule has 22 heavy (non-hydrogen) atoms. The number of thiazole rings is 1. The highest BCUT2D eigenvalue weighted by Crippen LogP contribution is 2.31. The van der Waals surface area contributed by atoms with Gasteiger partial charge in [0.15, 0.2) is 5.13 Å². The van der Waals surface area contributed by atoms with E-state index in [1.165, 1.54) is 22.5 Å². The zero-order valence-corrected chi connectivity index (χ0v) is 14.7. The Bertz CT molecular complexity index is 699. The van der Waals surface area contributed by atoms with Crippen molar-refractivity contribution in [3.05, 3.63) is 34.2 Å². The molecule has 1 N–H and O–H groups in total. The molecule has 0 saturated carbocycles.